The van der Waals surface area contributed by atoms with Crippen LogP contribution in [-0.2, 0) is 14.8 Å². The van der Waals surface area contributed by atoms with Gasteiger partial charge in [-0.3, -0.25) is 4.79 Å². The van der Waals surface area contributed by atoms with Crippen LogP contribution in [0.4, 0.5) is 0 Å². The molecule has 2 heterocycles. The van der Waals surface area contributed by atoms with Crippen LogP contribution >= 0.6 is 0 Å². The second-order valence-corrected chi connectivity index (χ2v) is 8.85. The standard InChI is InChI=1S/C23H18N4O4S/c1-14-3-9-20-21(11-14)26-23(25-20)17(13-24)12-18-6-10-22(31-18)16-4-7-19(8-5-16)32(29,30)27-15(2)28/h3-12H,1-2H3,(H,25,26)(H,27,28)/b17-12+. The molecule has 4 aromatic rings. The summed E-state index contributed by atoms with van der Waals surface area (Å²) in [5.41, 5.74) is 3.65. The summed E-state index contributed by atoms with van der Waals surface area (Å²) in [6.07, 6.45) is 1.59. The largest absolute Gasteiger partial charge is 0.457 e. The minimum atomic E-state index is -3.90. The molecular formula is C23H18N4O4S. The summed E-state index contributed by atoms with van der Waals surface area (Å²) in [4.78, 5) is 18.6. The number of amides is 1. The molecule has 2 N–H and O–H groups in total. The number of nitrogens with zero attached hydrogens (tertiary/aromatic N) is 2. The molecule has 1 amide bonds. The van der Waals surface area contributed by atoms with Crippen molar-refractivity contribution in [2.24, 2.45) is 0 Å². The van der Waals surface area contributed by atoms with E-state index in [9.17, 15) is 18.5 Å². The van der Waals surface area contributed by atoms with Crippen LogP contribution in [-0.4, -0.2) is 24.3 Å². The predicted octanol–water partition coefficient (Wildman–Crippen LogP) is 4.02. The highest BCUT2D eigenvalue weighted by molar-refractivity contribution is 7.90. The van der Waals surface area contributed by atoms with E-state index in [2.05, 4.69) is 16.0 Å². The zero-order valence-corrected chi connectivity index (χ0v) is 18.0. The number of hydrogen-bond acceptors (Lipinski definition) is 6. The molecule has 8 nitrogen and oxygen atoms in total. The number of rotatable bonds is 5. The van der Waals surface area contributed by atoms with Crippen molar-refractivity contribution < 1.29 is 17.6 Å². The van der Waals surface area contributed by atoms with Crippen LogP contribution in [0.3, 0.4) is 0 Å². The highest BCUT2D eigenvalue weighted by atomic mass is 32.2. The molecule has 0 fully saturated rings. The lowest BCUT2D eigenvalue weighted by atomic mass is 10.2. The van der Waals surface area contributed by atoms with Crippen molar-refractivity contribution in [3.63, 3.8) is 0 Å². The normalized spacial score (nSPS) is 12.0. The molecule has 2 aromatic heterocycles. The molecule has 0 bridgehead atoms. The second-order valence-electron chi connectivity index (χ2n) is 7.16. The van der Waals surface area contributed by atoms with E-state index in [-0.39, 0.29) is 4.90 Å². The Morgan fingerprint density at radius 2 is 1.91 bits per heavy atom. The van der Waals surface area contributed by atoms with E-state index in [0.717, 1.165) is 23.5 Å². The monoisotopic (exact) mass is 446 g/mol. The number of furan rings is 1. The minimum absolute atomic E-state index is 0.0324. The first kappa shape index (κ1) is 21.1. The van der Waals surface area contributed by atoms with Crippen molar-refractivity contribution in [2.75, 3.05) is 0 Å². The Hall–Kier alpha value is -4.16. The number of nitriles is 1. The Bertz CT molecular complexity index is 1500. The third-order valence-corrected chi connectivity index (χ3v) is 6.10. The van der Waals surface area contributed by atoms with Gasteiger partial charge in [-0.2, -0.15) is 5.26 Å². The van der Waals surface area contributed by atoms with Crippen molar-refractivity contribution in [3.8, 4) is 17.4 Å². The van der Waals surface area contributed by atoms with E-state index in [4.69, 9.17) is 4.42 Å². The number of sulfonamides is 1. The van der Waals surface area contributed by atoms with Crippen LogP contribution in [0.2, 0.25) is 0 Å². The predicted molar refractivity (Wildman–Crippen MR) is 119 cm³/mol. The number of carbonyl (C=O) groups is 1. The average Bonchev–Trinajstić information content (AvgIpc) is 3.37. The Morgan fingerprint density at radius 1 is 1.16 bits per heavy atom. The number of aromatic nitrogens is 2. The fraction of sp³-hybridized carbons (Fsp3) is 0.0870. The molecule has 0 radical (unpaired) electrons. The summed E-state index contributed by atoms with van der Waals surface area (Å²) >= 11 is 0. The number of nitrogens with one attached hydrogen (secondary N) is 2. The Kier molecular flexibility index (Phi) is 5.38. The SMILES string of the molecule is CC(=O)NS(=O)(=O)c1ccc(-c2ccc(/C=C(\C#N)c3nc4ccc(C)cc4[nH]3)o2)cc1. The summed E-state index contributed by atoms with van der Waals surface area (Å²) in [7, 11) is -3.90. The van der Waals surface area contributed by atoms with Gasteiger partial charge in [0.25, 0.3) is 10.0 Å². The number of aryl methyl sites for hydroxylation is 1. The summed E-state index contributed by atoms with van der Waals surface area (Å²) in [5, 5.41) is 9.61. The van der Waals surface area contributed by atoms with Gasteiger partial charge >= 0.3 is 0 Å². The van der Waals surface area contributed by atoms with Crippen molar-refractivity contribution in [1.29, 1.82) is 5.26 Å². The van der Waals surface area contributed by atoms with Gasteiger partial charge in [0.2, 0.25) is 5.91 Å². The Labute approximate surface area is 184 Å². The number of fused-ring (bicyclic) bond motifs is 1. The van der Waals surface area contributed by atoms with Gasteiger partial charge in [-0.1, -0.05) is 6.07 Å². The smallest absolute Gasteiger partial charge is 0.264 e. The van der Waals surface area contributed by atoms with Gasteiger partial charge in [-0.15, -0.1) is 0 Å². The third-order valence-electron chi connectivity index (χ3n) is 4.65. The molecule has 0 aliphatic rings. The maximum atomic E-state index is 12.1. The molecule has 0 saturated carbocycles. The first-order chi connectivity index (χ1) is 15.2. The van der Waals surface area contributed by atoms with E-state index >= 15 is 0 Å². The molecule has 0 aliphatic carbocycles. The van der Waals surface area contributed by atoms with Gasteiger partial charge in [0.1, 0.15) is 23.4 Å². The lowest BCUT2D eigenvalue weighted by Crippen LogP contribution is -2.28. The zero-order valence-electron chi connectivity index (χ0n) is 17.2. The lowest BCUT2D eigenvalue weighted by Gasteiger charge is -2.05. The molecule has 160 valence electrons. The quantitative estimate of drug-likeness (QED) is 0.446. The molecule has 0 aliphatic heterocycles. The molecule has 4 rings (SSSR count). The molecule has 9 heteroatoms. The minimum Gasteiger partial charge on any atom is -0.457 e. The molecule has 0 atom stereocenters. The van der Waals surface area contributed by atoms with E-state index in [1.807, 2.05) is 29.8 Å². The molecule has 2 aromatic carbocycles. The number of hydrogen-bond donors (Lipinski definition) is 2. The third kappa shape index (κ3) is 4.31. The number of carbonyl (C=O) groups excluding carboxylic acids is 1. The number of H-pyrrole nitrogens is 1. The summed E-state index contributed by atoms with van der Waals surface area (Å²) in [5.74, 6) is 0.725. The summed E-state index contributed by atoms with van der Waals surface area (Å²) < 4.78 is 31.9. The van der Waals surface area contributed by atoms with E-state index < -0.39 is 15.9 Å². The number of allylic oxidation sites excluding steroid dienone is 1. The summed E-state index contributed by atoms with van der Waals surface area (Å²) in [6, 6.07) is 17.3. The van der Waals surface area contributed by atoms with Gasteiger partial charge < -0.3 is 9.40 Å². The number of imidazole rings is 1. The topological polar surface area (TPSA) is 129 Å². The zero-order chi connectivity index (χ0) is 22.9. The van der Waals surface area contributed by atoms with Gasteiger partial charge in [0.05, 0.1) is 21.5 Å². The van der Waals surface area contributed by atoms with Crippen LogP contribution < -0.4 is 4.72 Å². The first-order valence-electron chi connectivity index (χ1n) is 9.57. The highest BCUT2D eigenvalue weighted by Crippen LogP contribution is 2.26. The van der Waals surface area contributed by atoms with Crippen LogP contribution in [0.25, 0.3) is 34.0 Å². The van der Waals surface area contributed by atoms with Crippen molar-refractivity contribution in [3.05, 3.63) is 71.7 Å². The summed E-state index contributed by atoms with van der Waals surface area (Å²) in [6.45, 7) is 3.11. The van der Waals surface area contributed by atoms with Crippen molar-refractivity contribution >= 4 is 38.6 Å². The Morgan fingerprint density at radius 3 is 2.59 bits per heavy atom. The fourth-order valence-corrected chi connectivity index (χ4v) is 4.17. The molecule has 0 unspecified atom stereocenters. The molecule has 32 heavy (non-hydrogen) atoms. The van der Waals surface area contributed by atoms with E-state index in [1.165, 1.54) is 12.1 Å². The molecule has 0 saturated heterocycles. The fourth-order valence-electron chi connectivity index (χ4n) is 3.18. The van der Waals surface area contributed by atoms with Crippen LogP contribution in [0, 0.1) is 18.3 Å². The van der Waals surface area contributed by atoms with Gasteiger partial charge in [0, 0.05) is 18.6 Å². The van der Waals surface area contributed by atoms with Crippen LogP contribution in [0.5, 0.6) is 0 Å². The van der Waals surface area contributed by atoms with Crippen LogP contribution in [0.1, 0.15) is 24.1 Å². The van der Waals surface area contributed by atoms with E-state index in [1.54, 1.807) is 30.3 Å². The van der Waals surface area contributed by atoms with Crippen molar-refractivity contribution in [1.82, 2.24) is 14.7 Å². The van der Waals surface area contributed by atoms with Gasteiger partial charge in [-0.25, -0.2) is 18.1 Å². The lowest BCUT2D eigenvalue weighted by molar-refractivity contribution is -0.117. The van der Waals surface area contributed by atoms with Gasteiger partial charge in [0.15, 0.2) is 0 Å². The number of aromatic amines is 1. The molecular weight excluding hydrogens is 428 g/mol. The molecule has 0 spiro atoms. The highest BCUT2D eigenvalue weighted by Gasteiger charge is 2.16. The van der Waals surface area contributed by atoms with Gasteiger partial charge in [-0.05, 0) is 61.0 Å². The maximum absolute atomic E-state index is 12.1. The maximum Gasteiger partial charge on any atom is 0.264 e. The second kappa shape index (κ2) is 8.17. The van der Waals surface area contributed by atoms with Crippen LogP contribution in [0.15, 0.2) is 63.9 Å². The van der Waals surface area contributed by atoms with E-state index in [0.29, 0.717) is 28.5 Å². The van der Waals surface area contributed by atoms with Crippen molar-refractivity contribution in [2.45, 2.75) is 18.7 Å². The number of benzene rings is 2. The average molecular weight is 446 g/mol. The first-order valence-corrected chi connectivity index (χ1v) is 11.1. The Balaban J connectivity index is 1.60.